The molecule has 0 saturated heterocycles. The normalized spacial score (nSPS) is 15.4. The standard InChI is InChI=1S/C50H30N2/c1-2-17-37-35(15-1)36-16-3-4-18-38(36)41-30-32(27-28-39(37)41)31-13-11-14-33(29-31)34-20-12-23-44-48(34)40-19-5-6-21-42(40)50(44)43-22-7-9-25-46(43)52-47-26-10-8-24-45(47)51-49(50)52/h1-30H. The molecule has 2 heteroatoms. The fraction of sp³-hybridized carbons (Fsp3) is 0.0200. The number of hydrogen-bond acceptors (Lipinski definition) is 1. The summed E-state index contributed by atoms with van der Waals surface area (Å²) in [5, 5.41) is 7.77. The zero-order valence-corrected chi connectivity index (χ0v) is 28.2. The summed E-state index contributed by atoms with van der Waals surface area (Å²) in [6, 6.07) is 67.1. The summed E-state index contributed by atoms with van der Waals surface area (Å²) in [6.45, 7) is 0. The highest BCUT2D eigenvalue weighted by atomic mass is 15.1. The van der Waals surface area contributed by atoms with Gasteiger partial charge >= 0.3 is 0 Å². The summed E-state index contributed by atoms with van der Waals surface area (Å²) >= 11 is 0. The first-order chi connectivity index (χ1) is 25.8. The van der Waals surface area contributed by atoms with Crippen LogP contribution in [0.5, 0.6) is 0 Å². The van der Waals surface area contributed by atoms with Gasteiger partial charge in [-0.2, -0.15) is 0 Å². The first kappa shape index (κ1) is 28.0. The van der Waals surface area contributed by atoms with Gasteiger partial charge in [-0.05, 0) is 113 Å². The predicted octanol–water partition coefficient (Wildman–Crippen LogP) is 12.5. The second-order valence-corrected chi connectivity index (χ2v) is 14.2. The van der Waals surface area contributed by atoms with E-state index in [0.717, 1.165) is 16.9 Å². The van der Waals surface area contributed by atoms with Crippen LogP contribution in [0.2, 0.25) is 0 Å². The Kier molecular flexibility index (Phi) is 5.46. The van der Waals surface area contributed by atoms with Gasteiger partial charge in [0.15, 0.2) is 0 Å². The van der Waals surface area contributed by atoms with Crippen LogP contribution < -0.4 is 0 Å². The number of imidazole rings is 1. The molecule has 0 saturated carbocycles. The Morgan fingerprint density at radius 2 is 0.962 bits per heavy atom. The lowest BCUT2D eigenvalue weighted by atomic mass is 9.72. The lowest BCUT2D eigenvalue weighted by molar-refractivity contribution is 0.738. The molecule has 1 aliphatic heterocycles. The summed E-state index contributed by atoms with van der Waals surface area (Å²) in [5.74, 6) is 1.07. The number of rotatable bonds is 2. The number of fused-ring (bicyclic) bond motifs is 18. The first-order valence-electron chi connectivity index (χ1n) is 18.1. The van der Waals surface area contributed by atoms with Crippen LogP contribution in [0.1, 0.15) is 22.5 Å². The van der Waals surface area contributed by atoms with E-state index in [1.165, 1.54) is 88.1 Å². The highest BCUT2D eigenvalue weighted by Gasteiger charge is 2.54. The van der Waals surface area contributed by atoms with Crippen LogP contribution in [-0.4, -0.2) is 9.55 Å². The molecule has 1 aliphatic carbocycles. The van der Waals surface area contributed by atoms with E-state index in [1.807, 2.05) is 0 Å². The maximum atomic E-state index is 5.43. The largest absolute Gasteiger partial charge is 0.295 e. The van der Waals surface area contributed by atoms with Crippen LogP contribution in [0.15, 0.2) is 182 Å². The van der Waals surface area contributed by atoms with Crippen molar-refractivity contribution in [3.63, 3.8) is 0 Å². The monoisotopic (exact) mass is 658 g/mol. The van der Waals surface area contributed by atoms with Crippen LogP contribution in [0, 0.1) is 0 Å². The lowest BCUT2D eigenvalue weighted by Crippen LogP contribution is -2.27. The Labute approximate surface area is 300 Å². The first-order valence-corrected chi connectivity index (χ1v) is 18.1. The van der Waals surface area contributed by atoms with Crippen molar-refractivity contribution in [3.8, 4) is 39.1 Å². The fourth-order valence-corrected chi connectivity index (χ4v) is 9.68. The van der Waals surface area contributed by atoms with E-state index in [2.05, 4.69) is 187 Å². The third-order valence-electron chi connectivity index (χ3n) is 11.8. The van der Waals surface area contributed by atoms with E-state index in [1.54, 1.807) is 0 Å². The molecule has 0 fully saturated rings. The number of para-hydroxylation sites is 3. The lowest BCUT2D eigenvalue weighted by Gasteiger charge is -2.27. The van der Waals surface area contributed by atoms with E-state index in [-0.39, 0.29) is 0 Å². The fourth-order valence-electron chi connectivity index (χ4n) is 9.68. The summed E-state index contributed by atoms with van der Waals surface area (Å²) in [5.41, 5.74) is 14.2. The van der Waals surface area contributed by atoms with Crippen molar-refractivity contribution in [3.05, 3.63) is 205 Å². The topological polar surface area (TPSA) is 17.8 Å². The minimum atomic E-state index is -0.517. The molecule has 1 aromatic heterocycles. The highest BCUT2D eigenvalue weighted by molar-refractivity contribution is 6.25. The van der Waals surface area contributed by atoms with Crippen molar-refractivity contribution in [1.29, 1.82) is 0 Å². The maximum Gasteiger partial charge on any atom is 0.134 e. The molecular weight excluding hydrogens is 629 g/mol. The Bertz CT molecular complexity index is 3110. The van der Waals surface area contributed by atoms with Crippen LogP contribution in [-0.2, 0) is 5.41 Å². The Hall–Kier alpha value is -6.77. The number of nitrogens with zero attached hydrogens (tertiary/aromatic N) is 2. The molecule has 52 heavy (non-hydrogen) atoms. The zero-order chi connectivity index (χ0) is 34.0. The van der Waals surface area contributed by atoms with Gasteiger partial charge in [0.25, 0.3) is 0 Å². The molecule has 0 bridgehead atoms. The van der Waals surface area contributed by atoms with E-state index in [0.29, 0.717) is 0 Å². The molecule has 1 unspecified atom stereocenters. The van der Waals surface area contributed by atoms with Crippen molar-refractivity contribution in [2.45, 2.75) is 5.41 Å². The van der Waals surface area contributed by atoms with Gasteiger partial charge in [-0.1, -0.05) is 152 Å². The molecule has 2 aliphatic rings. The minimum Gasteiger partial charge on any atom is -0.295 e. The molecule has 0 radical (unpaired) electrons. The smallest absolute Gasteiger partial charge is 0.134 e. The van der Waals surface area contributed by atoms with Crippen molar-refractivity contribution in [2.24, 2.45) is 0 Å². The molecule has 1 spiro atoms. The van der Waals surface area contributed by atoms with E-state index < -0.39 is 5.41 Å². The molecule has 0 N–H and O–H groups in total. The maximum absolute atomic E-state index is 5.43. The van der Waals surface area contributed by atoms with Gasteiger partial charge in [-0.15, -0.1) is 0 Å². The van der Waals surface area contributed by atoms with E-state index in [9.17, 15) is 0 Å². The molecule has 12 rings (SSSR count). The van der Waals surface area contributed by atoms with Crippen molar-refractivity contribution >= 4 is 43.4 Å². The summed E-state index contributed by atoms with van der Waals surface area (Å²) in [6.07, 6.45) is 0. The van der Waals surface area contributed by atoms with Gasteiger partial charge in [0, 0.05) is 0 Å². The molecule has 9 aromatic carbocycles. The van der Waals surface area contributed by atoms with Crippen molar-refractivity contribution < 1.29 is 0 Å². The van der Waals surface area contributed by atoms with Gasteiger partial charge in [0.2, 0.25) is 0 Å². The van der Waals surface area contributed by atoms with Gasteiger partial charge in [-0.3, -0.25) is 4.57 Å². The molecule has 10 aromatic rings. The SMILES string of the molecule is c1cc(-c2ccc3c4ccccc4c4ccccc4c3c2)cc(-c2cccc3c2-c2ccccc2C32c3ccccc3-n3c2nc2ccccc23)c1. The van der Waals surface area contributed by atoms with E-state index >= 15 is 0 Å². The summed E-state index contributed by atoms with van der Waals surface area (Å²) in [4.78, 5) is 5.43. The van der Waals surface area contributed by atoms with Crippen LogP contribution in [0.3, 0.4) is 0 Å². The predicted molar refractivity (Wildman–Crippen MR) is 215 cm³/mol. The third kappa shape index (κ3) is 3.46. The minimum absolute atomic E-state index is 0.517. The molecule has 1 atom stereocenters. The molecule has 2 nitrogen and oxygen atoms in total. The Morgan fingerprint density at radius 3 is 1.79 bits per heavy atom. The number of aromatic nitrogens is 2. The van der Waals surface area contributed by atoms with Gasteiger partial charge in [-0.25, -0.2) is 4.98 Å². The molecule has 2 heterocycles. The quantitative estimate of drug-likeness (QED) is 0.169. The van der Waals surface area contributed by atoms with Crippen molar-refractivity contribution in [2.75, 3.05) is 0 Å². The van der Waals surface area contributed by atoms with Crippen molar-refractivity contribution in [1.82, 2.24) is 9.55 Å². The highest BCUT2D eigenvalue weighted by Crippen LogP contribution is 2.62. The van der Waals surface area contributed by atoms with Crippen LogP contribution in [0.25, 0.3) is 82.4 Å². The van der Waals surface area contributed by atoms with Crippen LogP contribution in [0.4, 0.5) is 0 Å². The molecular formula is C50H30N2. The Balaban J connectivity index is 1.09. The second kappa shape index (κ2) is 10.2. The van der Waals surface area contributed by atoms with Gasteiger partial charge in [0.05, 0.1) is 16.7 Å². The second-order valence-electron chi connectivity index (χ2n) is 14.2. The molecule has 240 valence electrons. The van der Waals surface area contributed by atoms with Gasteiger partial charge < -0.3 is 0 Å². The van der Waals surface area contributed by atoms with E-state index in [4.69, 9.17) is 4.98 Å². The van der Waals surface area contributed by atoms with Crippen LogP contribution >= 0.6 is 0 Å². The Morgan fingerprint density at radius 1 is 0.385 bits per heavy atom. The number of hydrogen-bond donors (Lipinski definition) is 0. The average Bonchev–Trinajstić information content (AvgIpc) is 3.85. The summed E-state index contributed by atoms with van der Waals surface area (Å²) < 4.78 is 2.40. The average molecular weight is 659 g/mol. The van der Waals surface area contributed by atoms with Gasteiger partial charge in [0.1, 0.15) is 11.2 Å². The summed E-state index contributed by atoms with van der Waals surface area (Å²) in [7, 11) is 0. The third-order valence-corrected chi connectivity index (χ3v) is 11.8. The zero-order valence-electron chi connectivity index (χ0n) is 28.2. The number of benzene rings is 9. The molecule has 0 amide bonds.